The van der Waals surface area contributed by atoms with Crippen molar-refractivity contribution in [3.05, 3.63) is 47.5 Å². The molecule has 0 aromatic heterocycles. The Balaban J connectivity index is 2.10. The number of fused-ring (bicyclic) bond motifs is 1. The lowest BCUT2D eigenvalue weighted by atomic mass is 9.94. The van der Waals surface area contributed by atoms with Gasteiger partial charge in [0.05, 0.1) is 0 Å². The van der Waals surface area contributed by atoms with E-state index in [1.54, 1.807) is 6.08 Å². The van der Waals surface area contributed by atoms with Crippen LogP contribution in [0.5, 0.6) is 0 Å². The molecule has 1 aromatic carbocycles. The fraction of sp³-hybridized carbons (Fsp3) is 0.375. The van der Waals surface area contributed by atoms with Gasteiger partial charge in [-0.25, -0.2) is 0 Å². The summed E-state index contributed by atoms with van der Waals surface area (Å²) in [6.07, 6.45) is 4.11. The summed E-state index contributed by atoms with van der Waals surface area (Å²) < 4.78 is 0. The smallest absolute Gasteiger partial charge is 0.244 e. The maximum Gasteiger partial charge on any atom is 0.244 e. The molecule has 0 saturated heterocycles. The van der Waals surface area contributed by atoms with Crippen LogP contribution in [0.3, 0.4) is 0 Å². The molecule has 3 N–H and O–H groups in total. The molecule has 1 aliphatic rings. The molecule has 0 bridgehead atoms. The molecule has 0 heterocycles. The first-order valence-corrected chi connectivity index (χ1v) is 6.93. The first kappa shape index (κ1) is 15.3. The van der Waals surface area contributed by atoms with Gasteiger partial charge in [-0.15, -0.1) is 0 Å². The summed E-state index contributed by atoms with van der Waals surface area (Å²) in [6, 6.07) is 7.78. The Hall–Kier alpha value is -2.14. The number of nitrogens with two attached hydrogens (primary N) is 1. The Kier molecular flexibility index (Phi) is 4.43. The van der Waals surface area contributed by atoms with E-state index in [0.717, 1.165) is 11.1 Å². The molecule has 5 heteroatoms. The molecule has 21 heavy (non-hydrogen) atoms. The van der Waals surface area contributed by atoms with E-state index in [0.29, 0.717) is 19.4 Å². The van der Waals surface area contributed by atoms with E-state index in [1.165, 1.54) is 6.08 Å². The average Bonchev–Trinajstić information content (AvgIpc) is 2.77. The lowest BCUT2D eigenvalue weighted by Crippen LogP contribution is -2.58. The summed E-state index contributed by atoms with van der Waals surface area (Å²) in [6.45, 7) is 0.664. The number of primary amides is 1. The van der Waals surface area contributed by atoms with Gasteiger partial charge in [0.1, 0.15) is 5.54 Å². The van der Waals surface area contributed by atoms with Crippen LogP contribution in [-0.2, 0) is 22.4 Å². The highest BCUT2D eigenvalue weighted by atomic mass is 16.2. The van der Waals surface area contributed by atoms with Gasteiger partial charge in [0.25, 0.3) is 0 Å². The van der Waals surface area contributed by atoms with E-state index in [2.05, 4.69) is 5.32 Å². The molecule has 2 rings (SSSR count). The fourth-order valence-corrected chi connectivity index (χ4v) is 2.59. The molecule has 1 aromatic rings. The minimum absolute atomic E-state index is 0.288. The predicted molar refractivity (Wildman–Crippen MR) is 81.6 cm³/mol. The van der Waals surface area contributed by atoms with Gasteiger partial charge in [0, 0.05) is 25.5 Å². The van der Waals surface area contributed by atoms with Crippen molar-refractivity contribution < 1.29 is 9.59 Å². The standard InChI is InChI=1S/C16H21N3O2/c1-19(2)9-5-8-14(20)18-16(15(17)21)10-12-6-3-4-7-13(12)11-16/h3-8H,9-11H2,1-2H3,(H2,17,21)(H,18,20)/b8-5+. The van der Waals surface area contributed by atoms with Gasteiger partial charge < -0.3 is 16.0 Å². The van der Waals surface area contributed by atoms with Crippen LogP contribution in [0.1, 0.15) is 11.1 Å². The van der Waals surface area contributed by atoms with Crippen LogP contribution in [0.15, 0.2) is 36.4 Å². The van der Waals surface area contributed by atoms with Crippen LogP contribution in [-0.4, -0.2) is 42.9 Å². The number of hydrogen-bond donors (Lipinski definition) is 2. The minimum Gasteiger partial charge on any atom is -0.368 e. The van der Waals surface area contributed by atoms with Gasteiger partial charge in [-0.3, -0.25) is 9.59 Å². The summed E-state index contributed by atoms with van der Waals surface area (Å²) in [7, 11) is 3.83. The molecular formula is C16H21N3O2. The molecule has 0 radical (unpaired) electrons. The molecule has 0 aliphatic heterocycles. The zero-order valence-corrected chi connectivity index (χ0v) is 12.4. The molecule has 5 nitrogen and oxygen atoms in total. The monoisotopic (exact) mass is 287 g/mol. The van der Waals surface area contributed by atoms with Crippen molar-refractivity contribution in [3.8, 4) is 0 Å². The third-order valence-electron chi connectivity index (χ3n) is 3.68. The summed E-state index contributed by atoms with van der Waals surface area (Å²) in [5, 5.41) is 2.79. The van der Waals surface area contributed by atoms with Crippen LogP contribution in [0, 0.1) is 0 Å². The third kappa shape index (κ3) is 3.49. The van der Waals surface area contributed by atoms with Gasteiger partial charge in [-0.05, 0) is 25.2 Å². The lowest BCUT2D eigenvalue weighted by molar-refractivity contribution is -0.129. The zero-order chi connectivity index (χ0) is 15.5. The van der Waals surface area contributed by atoms with Crippen LogP contribution in [0.4, 0.5) is 0 Å². The predicted octanol–water partition coefficient (Wildman–Crippen LogP) is 0.243. The van der Waals surface area contributed by atoms with Gasteiger partial charge in [-0.1, -0.05) is 30.3 Å². The quantitative estimate of drug-likeness (QED) is 0.762. The number of amides is 2. The second-order valence-corrected chi connectivity index (χ2v) is 5.72. The summed E-state index contributed by atoms with van der Waals surface area (Å²) in [5.74, 6) is -0.781. The van der Waals surface area contributed by atoms with E-state index >= 15 is 0 Å². The fourth-order valence-electron chi connectivity index (χ4n) is 2.59. The van der Waals surface area contributed by atoms with Crippen molar-refractivity contribution >= 4 is 11.8 Å². The van der Waals surface area contributed by atoms with E-state index in [1.807, 2.05) is 43.3 Å². The molecular weight excluding hydrogens is 266 g/mol. The van der Waals surface area contributed by atoms with Gasteiger partial charge >= 0.3 is 0 Å². The second-order valence-electron chi connectivity index (χ2n) is 5.72. The molecule has 0 unspecified atom stereocenters. The van der Waals surface area contributed by atoms with Gasteiger partial charge in [0.2, 0.25) is 11.8 Å². The van der Waals surface area contributed by atoms with Crippen LogP contribution in [0.2, 0.25) is 0 Å². The van der Waals surface area contributed by atoms with Gasteiger partial charge in [0.15, 0.2) is 0 Å². The zero-order valence-electron chi connectivity index (χ0n) is 12.4. The SMILES string of the molecule is CN(C)C/C=C/C(=O)NC1(C(N)=O)Cc2ccccc2C1. The van der Waals surface area contributed by atoms with Crippen molar-refractivity contribution in [2.75, 3.05) is 20.6 Å². The van der Waals surface area contributed by atoms with E-state index < -0.39 is 11.4 Å². The molecule has 0 fully saturated rings. The number of likely N-dealkylation sites (N-methyl/N-ethyl adjacent to an activating group) is 1. The number of nitrogens with one attached hydrogen (secondary N) is 1. The number of carbonyl (C=O) groups is 2. The summed E-state index contributed by atoms with van der Waals surface area (Å²) in [5.41, 5.74) is 6.67. The minimum atomic E-state index is -1.01. The van der Waals surface area contributed by atoms with Crippen molar-refractivity contribution in [1.29, 1.82) is 0 Å². The number of hydrogen-bond acceptors (Lipinski definition) is 3. The molecule has 2 amide bonds. The molecule has 1 aliphatic carbocycles. The largest absolute Gasteiger partial charge is 0.368 e. The maximum absolute atomic E-state index is 12.0. The normalized spacial score (nSPS) is 16.1. The van der Waals surface area contributed by atoms with Crippen LogP contribution in [0.25, 0.3) is 0 Å². The van der Waals surface area contributed by atoms with Crippen molar-refractivity contribution in [2.45, 2.75) is 18.4 Å². The highest BCUT2D eigenvalue weighted by Crippen LogP contribution is 2.29. The van der Waals surface area contributed by atoms with Crippen molar-refractivity contribution in [2.24, 2.45) is 5.73 Å². The molecule has 0 atom stereocenters. The number of benzene rings is 1. The van der Waals surface area contributed by atoms with E-state index in [-0.39, 0.29) is 5.91 Å². The topological polar surface area (TPSA) is 75.4 Å². The Morgan fingerprint density at radius 1 is 1.29 bits per heavy atom. The van der Waals surface area contributed by atoms with E-state index in [4.69, 9.17) is 5.73 Å². The average molecular weight is 287 g/mol. The first-order chi connectivity index (χ1) is 9.93. The van der Waals surface area contributed by atoms with Crippen LogP contribution < -0.4 is 11.1 Å². The Morgan fingerprint density at radius 3 is 2.33 bits per heavy atom. The van der Waals surface area contributed by atoms with Gasteiger partial charge in [-0.2, -0.15) is 0 Å². The Labute approximate surface area is 124 Å². The number of carbonyl (C=O) groups excluding carboxylic acids is 2. The first-order valence-electron chi connectivity index (χ1n) is 6.93. The third-order valence-corrected chi connectivity index (χ3v) is 3.68. The lowest BCUT2D eigenvalue weighted by Gasteiger charge is -2.26. The Morgan fingerprint density at radius 2 is 1.86 bits per heavy atom. The van der Waals surface area contributed by atoms with Crippen molar-refractivity contribution in [3.63, 3.8) is 0 Å². The summed E-state index contributed by atoms with van der Waals surface area (Å²) >= 11 is 0. The second kappa shape index (κ2) is 6.10. The molecule has 0 spiro atoms. The number of rotatable bonds is 5. The Bertz CT molecular complexity index is 554. The summed E-state index contributed by atoms with van der Waals surface area (Å²) in [4.78, 5) is 25.8. The molecule has 0 saturated carbocycles. The molecule has 112 valence electrons. The highest BCUT2D eigenvalue weighted by Gasteiger charge is 2.43. The van der Waals surface area contributed by atoms with E-state index in [9.17, 15) is 9.59 Å². The van der Waals surface area contributed by atoms with Crippen molar-refractivity contribution in [1.82, 2.24) is 10.2 Å². The van der Waals surface area contributed by atoms with Crippen LogP contribution >= 0.6 is 0 Å². The number of nitrogens with zero attached hydrogens (tertiary/aromatic N) is 1. The maximum atomic E-state index is 12.0. The highest BCUT2D eigenvalue weighted by molar-refractivity contribution is 5.95.